The average Bonchev–Trinajstić information content (AvgIpc) is 2.63. The summed E-state index contributed by atoms with van der Waals surface area (Å²) in [5.74, 6) is 0.361. The number of carbonyl (C=O) groups is 1. The number of nitrogens with zero attached hydrogens (tertiary/aromatic N) is 1. The van der Waals surface area contributed by atoms with Crippen molar-refractivity contribution in [2.24, 2.45) is 0 Å². The van der Waals surface area contributed by atoms with Gasteiger partial charge >= 0.3 is 0 Å². The first-order chi connectivity index (χ1) is 12.4. The number of pyridine rings is 1. The molecule has 1 atom stereocenters. The van der Waals surface area contributed by atoms with Gasteiger partial charge in [0.2, 0.25) is 5.91 Å². The largest absolute Gasteiger partial charge is 0.494 e. The van der Waals surface area contributed by atoms with Crippen molar-refractivity contribution < 1.29 is 23.1 Å². The van der Waals surface area contributed by atoms with E-state index in [-0.39, 0.29) is 23.8 Å². The van der Waals surface area contributed by atoms with Crippen molar-refractivity contribution in [2.45, 2.75) is 23.8 Å². The van der Waals surface area contributed by atoms with Gasteiger partial charge in [-0.3, -0.25) is 9.78 Å². The van der Waals surface area contributed by atoms with Gasteiger partial charge < -0.3 is 15.2 Å². The summed E-state index contributed by atoms with van der Waals surface area (Å²) in [6.07, 6.45) is 2.65. The fourth-order valence-corrected chi connectivity index (χ4v) is 2.81. The van der Waals surface area contributed by atoms with Crippen LogP contribution >= 0.6 is 0 Å². The predicted octanol–water partition coefficient (Wildman–Crippen LogP) is 1.49. The number of amides is 1. The highest BCUT2D eigenvalue weighted by molar-refractivity contribution is 7.90. The van der Waals surface area contributed by atoms with Crippen LogP contribution in [-0.2, 0) is 14.6 Å². The van der Waals surface area contributed by atoms with E-state index in [2.05, 4.69) is 10.3 Å². The Hall–Kier alpha value is -2.45. The summed E-state index contributed by atoms with van der Waals surface area (Å²) in [6, 6.07) is 11.3. The molecule has 2 N–H and O–H groups in total. The third kappa shape index (κ3) is 6.45. The molecule has 0 saturated heterocycles. The van der Waals surface area contributed by atoms with E-state index in [0.717, 1.165) is 6.26 Å². The van der Waals surface area contributed by atoms with Gasteiger partial charge in [-0.25, -0.2) is 8.42 Å². The maximum absolute atomic E-state index is 11.8. The van der Waals surface area contributed by atoms with Gasteiger partial charge in [0.25, 0.3) is 0 Å². The number of carbonyl (C=O) groups excluding carboxylic acids is 1. The molecule has 1 unspecified atom stereocenters. The molecule has 1 amide bonds. The highest BCUT2D eigenvalue weighted by atomic mass is 32.2. The summed E-state index contributed by atoms with van der Waals surface area (Å²) in [7, 11) is -3.22. The second-order valence-electron chi connectivity index (χ2n) is 5.77. The summed E-state index contributed by atoms with van der Waals surface area (Å²) in [5, 5.41) is 12.6. The number of hydrogen-bond acceptors (Lipinski definition) is 6. The quantitative estimate of drug-likeness (QED) is 0.641. The zero-order valence-corrected chi connectivity index (χ0v) is 15.3. The lowest BCUT2D eigenvalue weighted by Crippen LogP contribution is -2.28. The molecule has 26 heavy (non-hydrogen) atoms. The SMILES string of the molecule is CS(=O)(=O)c1ccc(OCCCC(=O)NCC(O)c2ccccn2)cc1. The van der Waals surface area contributed by atoms with Gasteiger partial charge in [0.05, 0.1) is 17.2 Å². The second-order valence-corrected chi connectivity index (χ2v) is 7.79. The summed E-state index contributed by atoms with van der Waals surface area (Å²) in [4.78, 5) is 16.0. The molecule has 140 valence electrons. The second kappa shape index (κ2) is 9.30. The molecule has 0 aliphatic carbocycles. The van der Waals surface area contributed by atoms with Crippen LogP contribution in [0.3, 0.4) is 0 Å². The Kier molecular flexibility index (Phi) is 7.11. The Labute approximate surface area is 153 Å². The van der Waals surface area contributed by atoms with E-state index < -0.39 is 15.9 Å². The van der Waals surface area contributed by atoms with Crippen LogP contribution in [0.2, 0.25) is 0 Å². The van der Waals surface area contributed by atoms with Crippen LogP contribution in [0.4, 0.5) is 0 Å². The summed E-state index contributed by atoms with van der Waals surface area (Å²) in [5.41, 5.74) is 0.508. The molecule has 0 radical (unpaired) electrons. The monoisotopic (exact) mass is 378 g/mol. The molecular formula is C18H22N2O5S. The van der Waals surface area contributed by atoms with Crippen LogP contribution < -0.4 is 10.1 Å². The van der Waals surface area contributed by atoms with Crippen LogP contribution in [-0.4, -0.2) is 43.8 Å². The molecule has 2 rings (SSSR count). The number of ether oxygens (including phenoxy) is 1. The lowest BCUT2D eigenvalue weighted by atomic mass is 10.2. The molecule has 1 aromatic heterocycles. The van der Waals surface area contributed by atoms with E-state index in [9.17, 15) is 18.3 Å². The molecule has 0 fully saturated rings. The minimum Gasteiger partial charge on any atom is -0.494 e. The van der Waals surface area contributed by atoms with Gasteiger partial charge in [-0.2, -0.15) is 0 Å². The van der Waals surface area contributed by atoms with Crippen molar-refractivity contribution in [3.63, 3.8) is 0 Å². The van der Waals surface area contributed by atoms with Gasteiger partial charge in [0, 0.05) is 25.4 Å². The van der Waals surface area contributed by atoms with E-state index in [1.54, 1.807) is 36.5 Å². The van der Waals surface area contributed by atoms with E-state index in [1.807, 2.05) is 0 Å². The standard InChI is InChI=1S/C18H22N2O5S/c1-26(23,24)15-9-7-14(8-10-15)25-12-4-6-18(22)20-13-17(21)16-5-2-3-11-19-16/h2-3,5,7-11,17,21H,4,6,12-13H2,1H3,(H,20,22). The molecule has 1 aromatic carbocycles. The molecule has 0 aliphatic heterocycles. The number of aliphatic hydroxyl groups excluding tert-OH is 1. The molecule has 0 saturated carbocycles. The first kappa shape index (κ1) is 19.9. The molecule has 1 heterocycles. The number of aromatic nitrogens is 1. The van der Waals surface area contributed by atoms with E-state index >= 15 is 0 Å². The van der Waals surface area contributed by atoms with Crippen molar-refractivity contribution in [3.05, 3.63) is 54.4 Å². The number of rotatable bonds is 9. The Balaban J connectivity index is 1.65. The van der Waals surface area contributed by atoms with Gasteiger partial charge in [-0.15, -0.1) is 0 Å². The average molecular weight is 378 g/mol. The zero-order valence-electron chi connectivity index (χ0n) is 14.5. The maximum Gasteiger partial charge on any atom is 0.220 e. The van der Waals surface area contributed by atoms with E-state index in [1.165, 1.54) is 12.1 Å². The number of nitrogens with one attached hydrogen (secondary N) is 1. The van der Waals surface area contributed by atoms with Gasteiger partial charge in [0.15, 0.2) is 9.84 Å². The first-order valence-electron chi connectivity index (χ1n) is 8.15. The first-order valence-corrected chi connectivity index (χ1v) is 10.0. The molecule has 8 heteroatoms. The highest BCUT2D eigenvalue weighted by Gasteiger charge is 2.10. The Morgan fingerprint density at radius 2 is 1.96 bits per heavy atom. The lowest BCUT2D eigenvalue weighted by Gasteiger charge is -2.11. The van der Waals surface area contributed by atoms with Crippen LogP contribution in [0.1, 0.15) is 24.6 Å². The number of hydrogen-bond donors (Lipinski definition) is 2. The lowest BCUT2D eigenvalue weighted by molar-refractivity contribution is -0.121. The molecular weight excluding hydrogens is 356 g/mol. The van der Waals surface area contributed by atoms with Crippen LogP contribution in [0.25, 0.3) is 0 Å². The topological polar surface area (TPSA) is 106 Å². The van der Waals surface area contributed by atoms with E-state index in [4.69, 9.17) is 4.74 Å². The predicted molar refractivity (Wildman–Crippen MR) is 96.5 cm³/mol. The molecule has 2 aromatic rings. The summed E-state index contributed by atoms with van der Waals surface area (Å²) in [6.45, 7) is 0.429. The summed E-state index contributed by atoms with van der Waals surface area (Å²) < 4.78 is 28.2. The Bertz CT molecular complexity index is 807. The van der Waals surface area contributed by atoms with Gasteiger partial charge in [-0.05, 0) is 42.8 Å². The number of sulfone groups is 1. The maximum atomic E-state index is 11.8. The molecule has 0 bridgehead atoms. The van der Waals surface area contributed by atoms with Crippen molar-refractivity contribution in [1.29, 1.82) is 0 Å². The fourth-order valence-electron chi connectivity index (χ4n) is 2.18. The smallest absolute Gasteiger partial charge is 0.220 e. The van der Waals surface area contributed by atoms with Gasteiger partial charge in [-0.1, -0.05) is 6.07 Å². The van der Waals surface area contributed by atoms with Crippen molar-refractivity contribution in [3.8, 4) is 5.75 Å². The third-order valence-corrected chi connectivity index (χ3v) is 4.72. The number of aliphatic hydroxyl groups is 1. The zero-order chi connectivity index (χ0) is 19.0. The minimum atomic E-state index is -3.22. The third-order valence-electron chi connectivity index (χ3n) is 3.59. The van der Waals surface area contributed by atoms with Crippen molar-refractivity contribution >= 4 is 15.7 Å². The highest BCUT2D eigenvalue weighted by Crippen LogP contribution is 2.16. The number of benzene rings is 1. The normalized spacial score (nSPS) is 12.4. The van der Waals surface area contributed by atoms with Crippen molar-refractivity contribution in [2.75, 3.05) is 19.4 Å². The molecule has 7 nitrogen and oxygen atoms in total. The van der Waals surface area contributed by atoms with Crippen LogP contribution in [0, 0.1) is 0 Å². The minimum absolute atomic E-state index is 0.101. The molecule has 0 aliphatic rings. The Morgan fingerprint density at radius 1 is 1.23 bits per heavy atom. The van der Waals surface area contributed by atoms with E-state index in [0.29, 0.717) is 24.5 Å². The fraction of sp³-hybridized carbons (Fsp3) is 0.333. The van der Waals surface area contributed by atoms with Gasteiger partial charge in [0.1, 0.15) is 11.9 Å². The van der Waals surface area contributed by atoms with Crippen LogP contribution in [0.5, 0.6) is 5.75 Å². The van der Waals surface area contributed by atoms with Crippen LogP contribution in [0.15, 0.2) is 53.6 Å². The summed E-state index contributed by atoms with van der Waals surface area (Å²) >= 11 is 0. The molecule has 0 spiro atoms. The van der Waals surface area contributed by atoms with Crippen molar-refractivity contribution in [1.82, 2.24) is 10.3 Å². The Morgan fingerprint density at radius 3 is 2.58 bits per heavy atom.